The van der Waals surface area contributed by atoms with Crippen molar-refractivity contribution >= 4 is 27.8 Å². The molecule has 2 aromatic heterocycles. The first-order valence-corrected chi connectivity index (χ1v) is 12.2. The number of phenolic OH excluding ortho intramolecular Hbond substituents is 1. The van der Waals surface area contributed by atoms with Crippen molar-refractivity contribution in [2.75, 3.05) is 14.2 Å². The van der Waals surface area contributed by atoms with Crippen molar-refractivity contribution in [3.05, 3.63) is 92.6 Å². The van der Waals surface area contributed by atoms with Gasteiger partial charge in [0.15, 0.2) is 11.5 Å². The van der Waals surface area contributed by atoms with E-state index in [0.717, 1.165) is 10.9 Å². The average molecular weight is 526 g/mol. The Balaban J connectivity index is 1.61. The fourth-order valence-electron chi connectivity index (χ4n) is 5.30. The van der Waals surface area contributed by atoms with Crippen molar-refractivity contribution in [3.8, 4) is 34.1 Å². The molecule has 0 aliphatic carbocycles. The van der Waals surface area contributed by atoms with E-state index in [1.165, 1.54) is 31.1 Å². The molecule has 1 N–H and O–H groups in total. The summed E-state index contributed by atoms with van der Waals surface area (Å²) in [5.74, 6) is -0.778. The van der Waals surface area contributed by atoms with E-state index in [2.05, 4.69) is 0 Å². The zero-order chi connectivity index (χ0) is 27.4. The van der Waals surface area contributed by atoms with E-state index in [4.69, 9.17) is 18.6 Å². The van der Waals surface area contributed by atoms with Crippen molar-refractivity contribution in [3.63, 3.8) is 0 Å². The Kier molecular flexibility index (Phi) is 5.64. The van der Waals surface area contributed by atoms with Crippen LogP contribution in [0.3, 0.4) is 0 Å². The largest absolute Gasteiger partial charge is 0.507 e. The molecule has 0 amide bonds. The minimum absolute atomic E-state index is 0.0403. The number of rotatable bonds is 4. The highest BCUT2D eigenvalue weighted by Crippen LogP contribution is 2.45. The number of para-hydroxylation sites is 1. The Labute approximate surface area is 221 Å². The molecule has 1 aliphatic heterocycles. The lowest BCUT2D eigenvalue weighted by atomic mass is 9.85. The molecule has 0 bridgehead atoms. The van der Waals surface area contributed by atoms with Crippen LogP contribution in [0.5, 0.6) is 23.0 Å². The molecular weight excluding hydrogens is 502 g/mol. The molecule has 0 unspecified atom stereocenters. The predicted molar refractivity (Wildman–Crippen MR) is 144 cm³/mol. The number of phenols is 1. The average Bonchev–Trinajstić information content (AvgIpc) is 2.94. The number of hydrogen-bond acceptors (Lipinski definition) is 8. The highest BCUT2D eigenvalue weighted by molar-refractivity contribution is 5.94. The third-order valence-electron chi connectivity index (χ3n) is 7.20. The number of methoxy groups -OCH3 is 2. The van der Waals surface area contributed by atoms with E-state index in [-0.39, 0.29) is 34.3 Å². The number of hydrogen-bond donors (Lipinski definition) is 1. The van der Waals surface area contributed by atoms with Gasteiger partial charge in [-0.3, -0.25) is 14.4 Å². The van der Waals surface area contributed by atoms with E-state index in [1.807, 2.05) is 24.3 Å². The first-order valence-electron chi connectivity index (χ1n) is 12.2. The van der Waals surface area contributed by atoms with Crippen molar-refractivity contribution in [2.45, 2.75) is 12.3 Å². The summed E-state index contributed by atoms with van der Waals surface area (Å²) in [5, 5.41) is 11.6. The molecule has 39 heavy (non-hydrogen) atoms. The monoisotopic (exact) mass is 525 g/mol. The molecule has 196 valence electrons. The van der Waals surface area contributed by atoms with Crippen LogP contribution in [0, 0.1) is 0 Å². The van der Waals surface area contributed by atoms with E-state index >= 15 is 0 Å². The Hall–Kier alpha value is -5.05. The first-order chi connectivity index (χ1) is 18.8. The molecule has 6 rings (SSSR count). The maximum atomic E-state index is 13.7. The van der Waals surface area contributed by atoms with Gasteiger partial charge in [0, 0.05) is 30.2 Å². The number of carbonyl (C=O) groups excluding carboxylic acids is 1. The van der Waals surface area contributed by atoms with Gasteiger partial charge in [-0.2, -0.15) is 0 Å². The van der Waals surface area contributed by atoms with Gasteiger partial charge in [-0.1, -0.05) is 24.3 Å². The van der Waals surface area contributed by atoms with Gasteiger partial charge in [-0.25, -0.2) is 0 Å². The van der Waals surface area contributed by atoms with Crippen molar-refractivity contribution in [1.82, 2.24) is 4.57 Å². The quantitative estimate of drug-likeness (QED) is 0.270. The Morgan fingerprint density at radius 3 is 2.51 bits per heavy atom. The van der Waals surface area contributed by atoms with Crippen LogP contribution in [-0.4, -0.2) is 29.9 Å². The smallest absolute Gasteiger partial charge is 0.312 e. The molecule has 1 aliphatic rings. The summed E-state index contributed by atoms with van der Waals surface area (Å²) in [7, 11) is 4.66. The molecule has 3 aromatic carbocycles. The molecule has 5 aromatic rings. The lowest BCUT2D eigenvalue weighted by Gasteiger charge is -2.26. The molecule has 3 heterocycles. The second-order valence-electron chi connectivity index (χ2n) is 9.31. The third-order valence-corrected chi connectivity index (χ3v) is 7.20. The van der Waals surface area contributed by atoms with Crippen LogP contribution in [0.25, 0.3) is 33.0 Å². The third kappa shape index (κ3) is 3.73. The van der Waals surface area contributed by atoms with Crippen LogP contribution in [0.1, 0.15) is 23.5 Å². The minimum atomic E-state index is -0.761. The molecule has 0 radical (unpaired) electrons. The molecular formula is C30H23NO8. The van der Waals surface area contributed by atoms with Gasteiger partial charge < -0.3 is 28.3 Å². The molecule has 0 saturated heterocycles. The number of nitrogens with zero attached hydrogens (tertiary/aromatic N) is 1. The van der Waals surface area contributed by atoms with Crippen LogP contribution in [-0.2, 0) is 11.8 Å². The summed E-state index contributed by atoms with van der Waals surface area (Å²) < 4.78 is 23.6. The summed E-state index contributed by atoms with van der Waals surface area (Å²) in [6.07, 6.45) is 1.15. The standard InChI is InChI=1S/C30H23NO8/c1-31-20-7-5-4-6-16(20)10-18(30(31)35)17-12-25(33)39-24-13-21(32)27-28(34)19(14-38-29(27)26(17)24)15-8-9-22(36-2)23(11-15)37-3/h4-11,13-14,17,32H,12H2,1-3H3/t17-/m0/s1. The molecule has 0 fully saturated rings. The first kappa shape index (κ1) is 24.3. The number of pyridine rings is 1. The number of esters is 1. The van der Waals surface area contributed by atoms with E-state index in [1.54, 1.807) is 31.3 Å². The minimum Gasteiger partial charge on any atom is -0.507 e. The van der Waals surface area contributed by atoms with Gasteiger partial charge in [-0.15, -0.1) is 0 Å². The lowest BCUT2D eigenvalue weighted by molar-refractivity contribution is -0.135. The van der Waals surface area contributed by atoms with Crippen LogP contribution in [0.4, 0.5) is 0 Å². The SMILES string of the molecule is COc1ccc(-c2coc3c4c(cc(O)c3c2=O)OC(=O)C[C@H]4c2cc3ccccc3n(C)c2=O)cc1OC. The Morgan fingerprint density at radius 2 is 1.74 bits per heavy atom. The number of carbonyl (C=O) groups is 1. The zero-order valence-electron chi connectivity index (χ0n) is 21.3. The lowest BCUT2D eigenvalue weighted by Crippen LogP contribution is -2.29. The fourth-order valence-corrected chi connectivity index (χ4v) is 5.30. The second kappa shape index (κ2) is 9.05. The van der Waals surface area contributed by atoms with Gasteiger partial charge >= 0.3 is 5.97 Å². The number of fused-ring (bicyclic) bond motifs is 4. The highest BCUT2D eigenvalue weighted by atomic mass is 16.5. The van der Waals surface area contributed by atoms with Gasteiger partial charge in [0.1, 0.15) is 28.7 Å². The topological polar surface area (TPSA) is 117 Å². The van der Waals surface area contributed by atoms with Crippen molar-refractivity contribution in [2.24, 2.45) is 7.05 Å². The molecule has 1 atom stereocenters. The molecule has 9 heteroatoms. The van der Waals surface area contributed by atoms with Crippen LogP contribution in [0.15, 0.2) is 74.9 Å². The zero-order valence-corrected chi connectivity index (χ0v) is 21.3. The number of aryl methyl sites for hydroxylation is 1. The van der Waals surface area contributed by atoms with E-state index < -0.39 is 23.1 Å². The number of benzene rings is 3. The summed E-state index contributed by atoms with van der Waals surface area (Å²) >= 11 is 0. The Morgan fingerprint density at radius 1 is 0.974 bits per heavy atom. The number of ether oxygens (including phenoxy) is 3. The van der Waals surface area contributed by atoms with Gasteiger partial charge in [0.25, 0.3) is 5.56 Å². The molecule has 0 spiro atoms. The summed E-state index contributed by atoms with van der Waals surface area (Å²) in [5.41, 5.74) is 1.39. The van der Waals surface area contributed by atoms with Gasteiger partial charge in [0.2, 0.25) is 5.43 Å². The maximum absolute atomic E-state index is 13.7. The van der Waals surface area contributed by atoms with Crippen molar-refractivity contribution < 1.29 is 28.5 Å². The van der Waals surface area contributed by atoms with E-state index in [0.29, 0.717) is 28.2 Å². The number of aromatic nitrogens is 1. The fraction of sp³-hybridized carbons (Fsp3) is 0.167. The number of aromatic hydroxyl groups is 1. The maximum Gasteiger partial charge on any atom is 0.312 e. The molecule has 0 saturated carbocycles. The van der Waals surface area contributed by atoms with Crippen LogP contribution < -0.4 is 25.2 Å². The Bertz CT molecular complexity index is 1930. The van der Waals surface area contributed by atoms with Gasteiger partial charge in [-0.05, 0) is 35.2 Å². The summed E-state index contributed by atoms with van der Waals surface area (Å²) in [4.78, 5) is 39.8. The summed E-state index contributed by atoms with van der Waals surface area (Å²) in [6.45, 7) is 0. The predicted octanol–water partition coefficient (Wildman–Crippen LogP) is 4.48. The normalized spacial score (nSPS) is 14.7. The second-order valence-corrected chi connectivity index (χ2v) is 9.31. The van der Waals surface area contributed by atoms with Gasteiger partial charge in [0.05, 0.1) is 31.7 Å². The van der Waals surface area contributed by atoms with E-state index in [9.17, 15) is 19.5 Å². The molecule has 9 nitrogen and oxygen atoms in total. The highest BCUT2D eigenvalue weighted by Gasteiger charge is 2.35. The summed E-state index contributed by atoms with van der Waals surface area (Å²) in [6, 6.07) is 15.4. The van der Waals surface area contributed by atoms with Crippen LogP contribution >= 0.6 is 0 Å². The van der Waals surface area contributed by atoms with Crippen LogP contribution in [0.2, 0.25) is 0 Å². The van der Waals surface area contributed by atoms with Crippen molar-refractivity contribution in [1.29, 1.82) is 0 Å².